The maximum absolute atomic E-state index is 12.6. The average Bonchev–Trinajstić information content (AvgIpc) is 3.23. The molecule has 20 heavy (non-hydrogen) atoms. The van der Waals surface area contributed by atoms with Crippen LogP contribution >= 0.6 is 27.5 Å². The molecule has 4 nitrogen and oxygen atoms in total. The summed E-state index contributed by atoms with van der Waals surface area (Å²) in [5.74, 6) is -0.620. The molecule has 0 spiro atoms. The van der Waals surface area contributed by atoms with E-state index in [-0.39, 0.29) is 24.5 Å². The van der Waals surface area contributed by atoms with Gasteiger partial charge in [-0.05, 0) is 47.8 Å². The number of ether oxygens (including phenoxy) is 1. The van der Waals surface area contributed by atoms with Crippen LogP contribution in [0.4, 0.5) is 0 Å². The summed E-state index contributed by atoms with van der Waals surface area (Å²) in [4.78, 5) is 25.7. The molecule has 0 unspecified atom stereocenters. The Bertz CT molecular complexity index is 531. The molecule has 2 rings (SSSR count). The summed E-state index contributed by atoms with van der Waals surface area (Å²) in [6.45, 7) is 2.02. The first kappa shape index (κ1) is 15.3. The Hall–Kier alpha value is -1.07. The zero-order chi connectivity index (χ0) is 14.7. The Morgan fingerprint density at radius 3 is 2.75 bits per heavy atom. The number of nitrogens with zero attached hydrogens (tertiary/aromatic N) is 1. The van der Waals surface area contributed by atoms with Crippen molar-refractivity contribution in [2.24, 2.45) is 0 Å². The summed E-state index contributed by atoms with van der Waals surface area (Å²) in [6, 6.07) is 5.29. The van der Waals surface area contributed by atoms with Gasteiger partial charge >= 0.3 is 5.97 Å². The number of hydrogen-bond donors (Lipinski definition) is 0. The molecular formula is C14H15BrClNO3. The second-order valence-electron chi connectivity index (χ2n) is 4.57. The third kappa shape index (κ3) is 3.52. The second kappa shape index (κ2) is 6.59. The lowest BCUT2D eigenvalue weighted by atomic mass is 10.2. The van der Waals surface area contributed by atoms with Gasteiger partial charge in [0.2, 0.25) is 0 Å². The number of carbonyl (C=O) groups is 2. The topological polar surface area (TPSA) is 46.6 Å². The van der Waals surface area contributed by atoms with Crippen molar-refractivity contribution in [1.29, 1.82) is 0 Å². The molecule has 108 valence electrons. The molecule has 0 saturated heterocycles. The highest BCUT2D eigenvalue weighted by Crippen LogP contribution is 2.32. The van der Waals surface area contributed by atoms with Crippen LogP contribution in [0.2, 0.25) is 5.02 Å². The van der Waals surface area contributed by atoms with E-state index >= 15 is 0 Å². The Balaban J connectivity index is 2.19. The maximum atomic E-state index is 12.6. The summed E-state index contributed by atoms with van der Waals surface area (Å²) >= 11 is 9.44. The predicted molar refractivity (Wildman–Crippen MR) is 79.8 cm³/mol. The Morgan fingerprint density at radius 2 is 2.15 bits per heavy atom. The second-order valence-corrected chi connectivity index (χ2v) is 5.80. The monoisotopic (exact) mass is 359 g/mol. The molecule has 6 heteroatoms. The normalized spacial score (nSPS) is 13.9. The highest BCUT2D eigenvalue weighted by Gasteiger charge is 2.35. The quantitative estimate of drug-likeness (QED) is 0.757. The molecule has 1 aromatic rings. The Morgan fingerprint density at radius 1 is 1.45 bits per heavy atom. The lowest BCUT2D eigenvalue weighted by Gasteiger charge is -2.22. The van der Waals surface area contributed by atoms with E-state index in [1.807, 2.05) is 0 Å². The average molecular weight is 361 g/mol. The van der Waals surface area contributed by atoms with E-state index in [4.69, 9.17) is 16.3 Å². The number of amides is 1. The van der Waals surface area contributed by atoms with Crippen LogP contribution in [0, 0.1) is 0 Å². The molecule has 0 atom stereocenters. The van der Waals surface area contributed by atoms with Gasteiger partial charge in [-0.25, -0.2) is 0 Å². The van der Waals surface area contributed by atoms with Crippen LogP contribution in [0.1, 0.15) is 30.1 Å². The minimum absolute atomic E-state index is 0.0276. The minimum atomic E-state index is -0.390. The molecule has 1 fully saturated rings. The zero-order valence-corrected chi connectivity index (χ0v) is 13.4. The van der Waals surface area contributed by atoms with Crippen molar-refractivity contribution in [1.82, 2.24) is 4.90 Å². The maximum Gasteiger partial charge on any atom is 0.325 e. The first-order valence-corrected chi connectivity index (χ1v) is 7.62. The van der Waals surface area contributed by atoms with Crippen LogP contribution in [0.15, 0.2) is 22.7 Å². The van der Waals surface area contributed by atoms with Crippen molar-refractivity contribution in [2.45, 2.75) is 25.8 Å². The van der Waals surface area contributed by atoms with E-state index in [0.29, 0.717) is 21.7 Å². The molecule has 1 amide bonds. The number of benzene rings is 1. The van der Waals surface area contributed by atoms with Gasteiger partial charge in [0, 0.05) is 10.5 Å². The molecule has 0 radical (unpaired) electrons. The molecule has 0 N–H and O–H groups in total. The predicted octanol–water partition coefficient (Wildman–Crippen LogP) is 3.27. The van der Waals surface area contributed by atoms with Gasteiger partial charge in [0.15, 0.2) is 0 Å². The fourth-order valence-electron chi connectivity index (χ4n) is 1.92. The molecule has 1 aromatic carbocycles. The highest BCUT2D eigenvalue weighted by molar-refractivity contribution is 9.10. The van der Waals surface area contributed by atoms with Crippen molar-refractivity contribution in [3.63, 3.8) is 0 Å². The molecule has 1 aliphatic carbocycles. The van der Waals surface area contributed by atoms with Gasteiger partial charge in [-0.15, -0.1) is 0 Å². The fraction of sp³-hybridized carbons (Fsp3) is 0.429. The van der Waals surface area contributed by atoms with Crippen molar-refractivity contribution < 1.29 is 14.3 Å². The van der Waals surface area contributed by atoms with Crippen molar-refractivity contribution in [3.8, 4) is 0 Å². The molecule has 0 bridgehead atoms. The van der Waals surface area contributed by atoms with Crippen LogP contribution in [0.3, 0.4) is 0 Å². The SMILES string of the molecule is CCOC(=O)CN(C(=O)c1cccc(Br)c1Cl)C1CC1. The van der Waals surface area contributed by atoms with Gasteiger partial charge in [-0.3, -0.25) is 9.59 Å². The van der Waals surface area contributed by atoms with Crippen LogP contribution < -0.4 is 0 Å². The van der Waals surface area contributed by atoms with E-state index < -0.39 is 0 Å². The molecule has 1 aliphatic rings. The van der Waals surface area contributed by atoms with E-state index in [1.54, 1.807) is 30.0 Å². The van der Waals surface area contributed by atoms with Crippen molar-refractivity contribution >= 4 is 39.4 Å². The van der Waals surface area contributed by atoms with Crippen LogP contribution in [0.5, 0.6) is 0 Å². The van der Waals surface area contributed by atoms with E-state index in [0.717, 1.165) is 12.8 Å². The van der Waals surface area contributed by atoms with Crippen LogP contribution in [0.25, 0.3) is 0 Å². The molecule has 0 heterocycles. The molecule has 1 saturated carbocycles. The summed E-state index contributed by atoms with van der Waals surface area (Å²) in [7, 11) is 0. The van der Waals surface area contributed by atoms with Gasteiger partial charge in [-0.1, -0.05) is 17.7 Å². The van der Waals surface area contributed by atoms with E-state index in [2.05, 4.69) is 15.9 Å². The summed E-state index contributed by atoms with van der Waals surface area (Å²) in [5, 5.41) is 0.368. The van der Waals surface area contributed by atoms with Gasteiger partial charge in [0.05, 0.1) is 17.2 Å². The molecular weight excluding hydrogens is 346 g/mol. The van der Waals surface area contributed by atoms with Gasteiger partial charge < -0.3 is 9.64 Å². The van der Waals surface area contributed by atoms with E-state index in [1.165, 1.54) is 0 Å². The van der Waals surface area contributed by atoms with Gasteiger partial charge in [-0.2, -0.15) is 0 Å². The standard InChI is InChI=1S/C14H15BrClNO3/c1-2-20-12(18)8-17(9-6-7-9)14(19)10-4-3-5-11(15)13(10)16/h3-5,9H,2,6-8H2,1H3. The lowest BCUT2D eigenvalue weighted by molar-refractivity contribution is -0.144. The zero-order valence-electron chi connectivity index (χ0n) is 11.1. The summed E-state index contributed by atoms with van der Waals surface area (Å²) < 4.78 is 5.58. The lowest BCUT2D eigenvalue weighted by Crippen LogP contribution is -2.38. The Kier molecular flexibility index (Phi) is 5.05. The number of hydrogen-bond acceptors (Lipinski definition) is 3. The smallest absolute Gasteiger partial charge is 0.325 e. The third-order valence-electron chi connectivity index (χ3n) is 3.04. The highest BCUT2D eigenvalue weighted by atomic mass is 79.9. The van der Waals surface area contributed by atoms with Crippen LogP contribution in [-0.4, -0.2) is 36.0 Å². The summed E-state index contributed by atoms with van der Waals surface area (Å²) in [6.07, 6.45) is 1.83. The largest absolute Gasteiger partial charge is 0.465 e. The molecule has 0 aliphatic heterocycles. The number of halogens is 2. The number of esters is 1. The minimum Gasteiger partial charge on any atom is -0.465 e. The van der Waals surface area contributed by atoms with Crippen molar-refractivity contribution in [3.05, 3.63) is 33.3 Å². The number of rotatable bonds is 5. The third-order valence-corrected chi connectivity index (χ3v) is 4.33. The number of carbonyl (C=O) groups excluding carboxylic acids is 2. The first-order valence-electron chi connectivity index (χ1n) is 6.45. The fourth-order valence-corrected chi connectivity index (χ4v) is 2.50. The van der Waals surface area contributed by atoms with E-state index in [9.17, 15) is 9.59 Å². The van der Waals surface area contributed by atoms with Crippen LogP contribution in [-0.2, 0) is 9.53 Å². The Labute approximate surface area is 131 Å². The summed E-state index contributed by atoms with van der Waals surface area (Å²) in [5.41, 5.74) is 0.400. The molecule has 0 aromatic heterocycles. The first-order chi connectivity index (χ1) is 9.54. The van der Waals surface area contributed by atoms with Gasteiger partial charge in [0.25, 0.3) is 5.91 Å². The van der Waals surface area contributed by atoms with Crippen molar-refractivity contribution in [2.75, 3.05) is 13.2 Å². The van der Waals surface area contributed by atoms with Gasteiger partial charge in [0.1, 0.15) is 6.54 Å².